The van der Waals surface area contributed by atoms with Crippen molar-refractivity contribution in [2.75, 3.05) is 5.32 Å². The lowest BCUT2D eigenvalue weighted by Crippen LogP contribution is -2.14. The minimum atomic E-state index is -0.138. The number of carbonyl (C=O) groups excluding carboxylic acids is 1. The number of hydrogen-bond donors (Lipinski definition) is 1. The molecule has 0 spiro atoms. The van der Waals surface area contributed by atoms with Crippen LogP contribution < -0.4 is 5.32 Å². The van der Waals surface area contributed by atoms with E-state index in [1.54, 1.807) is 18.2 Å². The first kappa shape index (κ1) is 14.6. The summed E-state index contributed by atoms with van der Waals surface area (Å²) in [5, 5.41) is 7.22. The monoisotopic (exact) mass is 292 g/mol. The topological polar surface area (TPSA) is 55.1 Å². The molecule has 2 aromatic rings. The molecule has 0 radical (unpaired) electrons. The smallest absolute Gasteiger partial charge is 0.230 e. The molecule has 0 aliphatic heterocycles. The summed E-state index contributed by atoms with van der Waals surface area (Å²) in [4.78, 5) is 11.9. The molecule has 5 heteroatoms. The minimum absolute atomic E-state index is 0.133. The Kier molecular flexibility index (Phi) is 4.14. The fourth-order valence-electron chi connectivity index (χ4n) is 1.66. The maximum Gasteiger partial charge on any atom is 0.230 e. The van der Waals surface area contributed by atoms with Gasteiger partial charge < -0.3 is 9.84 Å². The summed E-state index contributed by atoms with van der Waals surface area (Å²) in [7, 11) is 0. The number of nitrogens with zero attached hydrogens (tertiary/aromatic N) is 1. The fourth-order valence-corrected chi connectivity index (χ4v) is 1.79. The molecule has 0 fully saturated rings. The van der Waals surface area contributed by atoms with E-state index in [1.165, 1.54) is 0 Å². The van der Waals surface area contributed by atoms with Crippen molar-refractivity contribution in [3.8, 4) is 0 Å². The van der Waals surface area contributed by atoms with Gasteiger partial charge in [-0.15, -0.1) is 0 Å². The third-order valence-corrected chi connectivity index (χ3v) is 3.05. The van der Waals surface area contributed by atoms with Crippen LogP contribution in [0.5, 0.6) is 0 Å². The number of nitrogens with one attached hydrogen (secondary N) is 1. The molecule has 4 nitrogen and oxygen atoms in total. The van der Waals surface area contributed by atoms with Crippen LogP contribution in [-0.2, 0) is 16.6 Å². The van der Waals surface area contributed by atoms with Crippen LogP contribution in [0.15, 0.2) is 34.9 Å². The largest absolute Gasteiger partial charge is 0.359 e. The van der Waals surface area contributed by atoms with Crippen molar-refractivity contribution in [3.05, 3.63) is 46.7 Å². The van der Waals surface area contributed by atoms with E-state index in [-0.39, 0.29) is 17.7 Å². The Bertz CT molecular complexity index is 597. The van der Waals surface area contributed by atoms with Crippen LogP contribution in [0.2, 0.25) is 5.02 Å². The zero-order chi connectivity index (χ0) is 14.8. The molecule has 1 amide bonds. The predicted molar refractivity (Wildman–Crippen MR) is 79.0 cm³/mol. The van der Waals surface area contributed by atoms with Gasteiger partial charge >= 0.3 is 0 Å². The Morgan fingerprint density at radius 3 is 2.50 bits per heavy atom. The van der Waals surface area contributed by atoms with Crippen molar-refractivity contribution in [3.63, 3.8) is 0 Å². The summed E-state index contributed by atoms with van der Waals surface area (Å²) >= 11 is 5.80. The highest BCUT2D eigenvalue weighted by Crippen LogP contribution is 2.24. The van der Waals surface area contributed by atoms with Crippen LogP contribution in [0.3, 0.4) is 0 Å². The Morgan fingerprint density at radius 2 is 1.95 bits per heavy atom. The molecule has 20 heavy (non-hydrogen) atoms. The zero-order valence-electron chi connectivity index (χ0n) is 11.7. The normalized spacial score (nSPS) is 11.4. The summed E-state index contributed by atoms with van der Waals surface area (Å²) in [6, 6.07) is 8.92. The molecule has 2 rings (SSSR count). The van der Waals surface area contributed by atoms with Crippen LogP contribution in [0.25, 0.3) is 0 Å². The first-order valence-electron chi connectivity index (χ1n) is 6.36. The number of amides is 1. The maximum absolute atomic E-state index is 11.9. The predicted octanol–water partition coefficient (Wildman–Crippen LogP) is 3.81. The molecule has 0 bridgehead atoms. The number of aromatic nitrogens is 1. The highest BCUT2D eigenvalue weighted by molar-refractivity contribution is 6.30. The lowest BCUT2D eigenvalue weighted by molar-refractivity contribution is -0.115. The zero-order valence-corrected chi connectivity index (χ0v) is 12.5. The third-order valence-electron chi connectivity index (χ3n) is 2.79. The van der Waals surface area contributed by atoms with Crippen molar-refractivity contribution in [2.24, 2.45) is 0 Å². The Morgan fingerprint density at radius 1 is 1.30 bits per heavy atom. The van der Waals surface area contributed by atoms with Gasteiger partial charge in [0, 0.05) is 16.5 Å². The lowest BCUT2D eigenvalue weighted by Gasteiger charge is -2.12. The molecule has 0 saturated heterocycles. The van der Waals surface area contributed by atoms with E-state index in [4.69, 9.17) is 16.1 Å². The highest BCUT2D eigenvalue weighted by Gasteiger charge is 2.20. The van der Waals surface area contributed by atoms with Gasteiger partial charge in [0.25, 0.3) is 0 Å². The number of anilines is 1. The fraction of sp³-hybridized carbons (Fsp3) is 0.333. The number of benzene rings is 1. The van der Waals surface area contributed by atoms with Gasteiger partial charge in [-0.1, -0.05) is 49.7 Å². The molecule has 1 heterocycles. The molecule has 1 aromatic carbocycles. The maximum atomic E-state index is 11.9. The summed E-state index contributed by atoms with van der Waals surface area (Å²) in [5.74, 6) is 1.04. The highest BCUT2D eigenvalue weighted by atomic mass is 35.5. The molecule has 106 valence electrons. The van der Waals surface area contributed by atoms with E-state index in [9.17, 15) is 4.79 Å². The first-order chi connectivity index (χ1) is 9.34. The van der Waals surface area contributed by atoms with E-state index in [1.807, 2.05) is 32.9 Å². The number of rotatable bonds is 3. The van der Waals surface area contributed by atoms with Gasteiger partial charge in [-0.2, -0.15) is 0 Å². The second-order valence-electron chi connectivity index (χ2n) is 5.68. The molecule has 0 saturated carbocycles. The number of hydrogen-bond acceptors (Lipinski definition) is 3. The van der Waals surface area contributed by atoms with Crippen LogP contribution in [0.1, 0.15) is 32.1 Å². The van der Waals surface area contributed by atoms with Crippen molar-refractivity contribution in [2.45, 2.75) is 32.6 Å². The van der Waals surface area contributed by atoms with E-state index < -0.39 is 0 Å². The molecule has 0 atom stereocenters. The van der Waals surface area contributed by atoms with E-state index in [0.717, 1.165) is 11.3 Å². The molecule has 0 aliphatic rings. The minimum Gasteiger partial charge on any atom is -0.359 e. The first-order valence-corrected chi connectivity index (χ1v) is 6.74. The SMILES string of the molecule is CC(C)(C)c1cc(NC(=O)Cc2ccc(Cl)cc2)no1. The Labute approximate surface area is 123 Å². The van der Waals surface area contributed by atoms with Crippen LogP contribution >= 0.6 is 11.6 Å². The van der Waals surface area contributed by atoms with Gasteiger partial charge in [-0.25, -0.2) is 0 Å². The molecule has 1 aromatic heterocycles. The summed E-state index contributed by atoms with van der Waals surface area (Å²) < 4.78 is 5.21. The van der Waals surface area contributed by atoms with Crippen molar-refractivity contribution >= 4 is 23.3 Å². The Hall–Kier alpha value is -1.81. The molecule has 1 N–H and O–H groups in total. The van der Waals surface area contributed by atoms with Crippen molar-refractivity contribution in [1.29, 1.82) is 0 Å². The van der Waals surface area contributed by atoms with E-state index in [0.29, 0.717) is 10.8 Å². The molecular weight excluding hydrogens is 276 g/mol. The van der Waals surface area contributed by atoms with E-state index in [2.05, 4.69) is 10.5 Å². The standard InChI is InChI=1S/C15H17ClN2O2/c1-15(2,3)12-9-13(18-20-12)17-14(19)8-10-4-6-11(16)7-5-10/h4-7,9H,8H2,1-3H3,(H,17,18,19). The van der Waals surface area contributed by atoms with Gasteiger partial charge in [-0.05, 0) is 17.7 Å². The summed E-state index contributed by atoms with van der Waals surface area (Å²) in [6.07, 6.45) is 0.273. The number of halogens is 1. The third kappa shape index (κ3) is 3.84. The van der Waals surface area contributed by atoms with Gasteiger partial charge in [0.15, 0.2) is 5.82 Å². The van der Waals surface area contributed by atoms with Gasteiger partial charge in [0.1, 0.15) is 5.76 Å². The van der Waals surface area contributed by atoms with Crippen LogP contribution in [0.4, 0.5) is 5.82 Å². The van der Waals surface area contributed by atoms with E-state index >= 15 is 0 Å². The van der Waals surface area contributed by atoms with Crippen LogP contribution in [0, 0.1) is 0 Å². The molecule has 0 aliphatic carbocycles. The van der Waals surface area contributed by atoms with Crippen molar-refractivity contribution in [1.82, 2.24) is 5.16 Å². The van der Waals surface area contributed by atoms with Gasteiger partial charge in [-0.3, -0.25) is 4.79 Å². The average Bonchev–Trinajstić information content (AvgIpc) is 2.80. The quantitative estimate of drug-likeness (QED) is 0.936. The second-order valence-corrected chi connectivity index (χ2v) is 6.11. The number of carbonyl (C=O) groups is 1. The molecular formula is C15H17ClN2O2. The average molecular weight is 293 g/mol. The summed E-state index contributed by atoms with van der Waals surface area (Å²) in [6.45, 7) is 6.06. The van der Waals surface area contributed by atoms with Gasteiger partial charge in [0.2, 0.25) is 5.91 Å². The Balaban J connectivity index is 1.98. The lowest BCUT2D eigenvalue weighted by atomic mass is 9.93. The van der Waals surface area contributed by atoms with Gasteiger partial charge in [0.05, 0.1) is 6.42 Å². The summed E-state index contributed by atoms with van der Waals surface area (Å²) in [5.41, 5.74) is 0.762. The second kappa shape index (κ2) is 5.67. The van der Waals surface area contributed by atoms with Crippen LogP contribution in [-0.4, -0.2) is 11.1 Å². The van der Waals surface area contributed by atoms with Crippen molar-refractivity contribution < 1.29 is 9.32 Å². The molecule has 0 unspecified atom stereocenters.